The van der Waals surface area contributed by atoms with Gasteiger partial charge in [-0.05, 0) is 17.7 Å². The lowest BCUT2D eigenvalue weighted by Gasteiger charge is -2.08. The Morgan fingerprint density at radius 3 is 2.67 bits per heavy atom. The molecule has 7 heteroatoms. The number of nitrogens with one attached hydrogen (secondary N) is 1. The SMILES string of the molecule is C#CCOc1c(Cl)cc(C=NNC(N)=O)cc1Cl. The maximum Gasteiger partial charge on any atom is 0.332 e. The van der Waals surface area contributed by atoms with Crippen LogP contribution < -0.4 is 15.9 Å². The van der Waals surface area contributed by atoms with E-state index in [2.05, 4.69) is 11.0 Å². The summed E-state index contributed by atoms with van der Waals surface area (Å²) in [4.78, 5) is 10.4. The fraction of sp³-hybridized carbons (Fsp3) is 0.0909. The van der Waals surface area contributed by atoms with Crippen LogP contribution in [0.15, 0.2) is 17.2 Å². The summed E-state index contributed by atoms with van der Waals surface area (Å²) in [6.07, 6.45) is 6.41. The van der Waals surface area contributed by atoms with Crippen LogP contribution in [0.25, 0.3) is 0 Å². The number of ether oxygens (including phenoxy) is 1. The number of rotatable bonds is 4. The first-order chi connectivity index (χ1) is 8.54. The van der Waals surface area contributed by atoms with Crippen LogP contribution in [0.5, 0.6) is 5.75 Å². The third-order valence-corrected chi connectivity index (χ3v) is 2.27. The molecular weight excluding hydrogens is 277 g/mol. The highest BCUT2D eigenvalue weighted by Gasteiger charge is 2.08. The van der Waals surface area contributed by atoms with Gasteiger partial charge in [0.05, 0.1) is 16.3 Å². The highest BCUT2D eigenvalue weighted by molar-refractivity contribution is 6.37. The molecule has 0 aliphatic carbocycles. The fourth-order valence-electron chi connectivity index (χ4n) is 1.08. The number of hydrazone groups is 1. The van der Waals surface area contributed by atoms with E-state index in [0.29, 0.717) is 21.4 Å². The molecule has 0 atom stereocenters. The Hall–Kier alpha value is -1.90. The third kappa shape index (κ3) is 4.17. The second-order valence-electron chi connectivity index (χ2n) is 3.04. The van der Waals surface area contributed by atoms with Crippen molar-refractivity contribution in [2.75, 3.05) is 6.61 Å². The zero-order valence-corrected chi connectivity index (χ0v) is 10.6. The molecule has 94 valence electrons. The van der Waals surface area contributed by atoms with Gasteiger partial charge < -0.3 is 10.5 Å². The quantitative estimate of drug-likeness (QED) is 0.504. The molecular formula is C11H9Cl2N3O2. The molecule has 0 bridgehead atoms. The number of hydrogen-bond donors (Lipinski definition) is 2. The van der Waals surface area contributed by atoms with Crippen molar-refractivity contribution < 1.29 is 9.53 Å². The summed E-state index contributed by atoms with van der Waals surface area (Å²) in [5.41, 5.74) is 7.46. The molecule has 0 aliphatic rings. The molecule has 1 rings (SSSR count). The van der Waals surface area contributed by atoms with Crippen molar-refractivity contribution in [3.63, 3.8) is 0 Å². The van der Waals surface area contributed by atoms with Gasteiger partial charge in [0.15, 0.2) is 5.75 Å². The number of hydrogen-bond acceptors (Lipinski definition) is 3. The summed E-state index contributed by atoms with van der Waals surface area (Å²) < 4.78 is 5.18. The maximum atomic E-state index is 10.4. The van der Waals surface area contributed by atoms with Crippen molar-refractivity contribution in [1.29, 1.82) is 0 Å². The largest absolute Gasteiger partial charge is 0.478 e. The van der Waals surface area contributed by atoms with Crippen LogP contribution in [-0.4, -0.2) is 18.9 Å². The number of halogens is 2. The molecule has 0 aromatic heterocycles. The molecule has 5 nitrogen and oxygen atoms in total. The van der Waals surface area contributed by atoms with E-state index < -0.39 is 6.03 Å². The van der Waals surface area contributed by atoms with E-state index >= 15 is 0 Å². The van der Waals surface area contributed by atoms with E-state index in [0.717, 1.165) is 0 Å². The summed E-state index contributed by atoms with van der Waals surface area (Å²) in [6.45, 7) is 0.0656. The second kappa shape index (κ2) is 6.74. The summed E-state index contributed by atoms with van der Waals surface area (Å²) in [5, 5.41) is 4.16. The lowest BCUT2D eigenvalue weighted by Crippen LogP contribution is -2.24. The predicted octanol–water partition coefficient (Wildman–Crippen LogP) is 2.01. The number of nitrogens with two attached hydrogens (primary N) is 1. The minimum absolute atomic E-state index is 0.0656. The van der Waals surface area contributed by atoms with Gasteiger partial charge in [0.1, 0.15) is 6.61 Å². The highest BCUT2D eigenvalue weighted by atomic mass is 35.5. The molecule has 0 fully saturated rings. The summed E-state index contributed by atoms with van der Waals surface area (Å²) in [6, 6.07) is 2.36. The number of benzene rings is 1. The molecule has 0 heterocycles. The number of nitrogens with zero attached hydrogens (tertiary/aromatic N) is 1. The monoisotopic (exact) mass is 285 g/mol. The lowest BCUT2D eigenvalue weighted by molar-refractivity contribution is 0.249. The van der Waals surface area contributed by atoms with Crippen molar-refractivity contribution in [1.82, 2.24) is 5.43 Å². The molecule has 0 aliphatic heterocycles. The molecule has 0 spiro atoms. The van der Waals surface area contributed by atoms with Gasteiger partial charge >= 0.3 is 6.03 Å². The molecule has 3 N–H and O–H groups in total. The van der Waals surface area contributed by atoms with Gasteiger partial charge in [-0.15, -0.1) is 6.42 Å². The number of primary amides is 1. The average molecular weight is 286 g/mol. The van der Waals surface area contributed by atoms with Gasteiger partial charge in [-0.2, -0.15) is 5.10 Å². The normalized spacial score (nSPS) is 10.1. The molecule has 18 heavy (non-hydrogen) atoms. The van der Waals surface area contributed by atoms with Gasteiger partial charge in [0.25, 0.3) is 0 Å². The first-order valence-corrected chi connectivity index (χ1v) is 5.44. The van der Waals surface area contributed by atoms with Crippen LogP contribution in [0, 0.1) is 12.3 Å². The smallest absolute Gasteiger partial charge is 0.332 e. The van der Waals surface area contributed by atoms with E-state index in [1.807, 2.05) is 5.43 Å². The second-order valence-corrected chi connectivity index (χ2v) is 3.86. The standard InChI is InChI=1S/C11H9Cl2N3O2/c1-2-3-18-10-8(12)4-7(5-9(10)13)6-15-16-11(14)17/h1,4-6H,3H2,(H3,14,16,17). The summed E-state index contributed by atoms with van der Waals surface area (Å²) >= 11 is 11.9. The maximum absolute atomic E-state index is 10.4. The molecule has 0 unspecified atom stereocenters. The van der Waals surface area contributed by atoms with Crippen molar-refractivity contribution in [3.05, 3.63) is 27.7 Å². The Kier molecular flexibility index (Phi) is 5.31. The van der Waals surface area contributed by atoms with Gasteiger partial charge in [0, 0.05) is 0 Å². The van der Waals surface area contributed by atoms with E-state index in [9.17, 15) is 4.79 Å². The Morgan fingerprint density at radius 2 is 2.17 bits per heavy atom. The number of carbonyl (C=O) groups is 1. The number of carbonyl (C=O) groups excluding carboxylic acids is 1. The molecule has 2 amide bonds. The van der Waals surface area contributed by atoms with Crippen LogP contribution in [0.2, 0.25) is 10.0 Å². The van der Waals surface area contributed by atoms with Crippen molar-refractivity contribution in [3.8, 4) is 18.1 Å². The number of amides is 2. The van der Waals surface area contributed by atoms with Crippen molar-refractivity contribution in [2.24, 2.45) is 10.8 Å². The Morgan fingerprint density at radius 1 is 1.56 bits per heavy atom. The first-order valence-electron chi connectivity index (χ1n) is 4.68. The van der Waals surface area contributed by atoms with Gasteiger partial charge in [-0.1, -0.05) is 29.1 Å². The van der Waals surface area contributed by atoms with E-state index in [-0.39, 0.29) is 6.61 Å². The van der Waals surface area contributed by atoms with Gasteiger partial charge in [-0.25, -0.2) is 10.2 Å². The van der Waals surface area contributed by atoms with Crippen molar-refractivity contribution in [2.45, 2.75) is 0 Å². The number of urea groups is 1. The van der Waals surface area contributed by atoms with E-state index in [1.54, 1.807) is 12.1 Å². The molecule has 0 saturated carbocycles. The average Bonchev–Trinajstić information content (AvgIpc) is 2.27. The first kappa shape index (κ1) is 14.2. The molecule has 1 aromatic rings. The van der Waals surface area contributed by atoms with Crippen LogP contribution in [0.4, 0.5) is 4.79 Å². The number of terminal acetylenes is 1. The minimum atomic E-state index is -0.766. The van der Waals surface area contributed by atoms with Crippen LogP contribution in [0.3, 0.4) is 0 Å². The molecule has 0 radical (unpaired) electrons. The van der Waals surface area contributed by atoms with Crippen LogP contribution in [-0.2, 0) is 0 Å². The Bertz CT molecular complexity index is 501. The zero-order valence-electron chi connectivity index (χ0n) is 9.11. The van der Waals surface area contributed by atoms with E-state index in [1.165, 1.54) is 6.21 Å². The molecule has 1 aromatic carbocycles. The highest BCUT2D eigenvalue weighted by Crippen LogP contribution is 2.33. The van der Waals surface area contributed by atoms with Gasteiger partial charge in [-0.3, -0.25) is 0 Å². The predicted molar refractivity (Wildman–Crippen MR) is 71.1 cm³/mol. The van der Waals surface area contributed by atoms with Crippen LogP contribution in [0.1, 0.15) is 5.56 Å². The zero-order chi connectivity index (χ0) is 13.5. The lowest BCUT2D eigenvalue weighted by atomic mass is 10.2. The summed E-state index contributed by atoms with van der Waals surface area (Å²) in [7, 11) is 0. The summed E-state index contributed by atoms with van der Waals surface area (Å²) in [5.74, 6) is 2.61. The van der Waals surface area contributed by atoms with Crippen molar-refractivity contribution >= 4 is 35.4 Å². The van der Waals surface area contributed by atoms with Crippen LogP contribution >= 0.6 is 23.2 Å². The Balaban J connectivity index is 2.89. The van der Waals surface area contributed by atoms with Gasteiger partial charge in [0.2, 0.25) is 0 Å². The Labute approximate surface area is 114 Å². The minimum Gasteiger partial charge on any atom is -0.478 e. The third-order valence-electron chi connectivity index (χ3n) is 1.71. The molecule has 0 saturated heterocycles. The van der Waals surface area contributed by atoms with E-state index in [4.69, 9.17) is 40.1 Å². The fourth-order valence-corrected chi connectivity index (χ4v) is 1.69. The topological polar surface area (TPSA) is 76.7 Å².